The Labute approximate surface area is 159 Å². The van der Waals surface area contributed by atoms with Crippen LogP contribution in [0, 0.1) is 11.8 Å². The van der Waals surface area contributed by atoms with Crippen molar-refractivity contribution >= 4 is 11.9 Å². The zero-order valence-electron chi connectivity index (χ0n) is 17.0. The normalized spacial score (nSPS) is 23.5. The van der Waals surface area contributed by atoms with Crippen molar-refractivity contribution in [2.24, 2.45) is 22.6 Å². The van der Waals surface area contributed by atoms with E-state index in [1.807, 2.05) is 7.05 Å². The molecule has 2 unspecified atom stereocenters. The summed E-state index contributed by atoms with van der Waals surface area (Å²) in [6, 6.07) is 0.579. The van der Waals surface area contributed by atoms with Gasteiger partial charge in [0.05, 0.1) is 0 Å². The number of guanidine groups is 1. The molecule has 0 aromatic carbocycles. The summed E-state index contributed by atoms with van der Waals surface area (Å²) >= 11 is 0. The van der Waals surface area contributed by atoms with Crippen LogP contribution in [-0.4, -0.2) is 67.5 Å². The molecule has 2 saturated heterocycles. The van der Waals surface area contributed by atoms with E-state index in [1.54, 1.807) is 0 Å². The van der Waals surface area contributed by atoms with E-state index in [-0.39, 0.29) is 5.91 Å². The van der Waals surface area contributed by atoms with Crippen LogP contribution in [-0.2, 0) is 4.79 Å². The fraction of sp³-hybridized carbons (Fsp3) is 0.900. The van der Waals surface area contributed by atoms with Gasteiger partial charge < -0.3 is 16.0 Å². The Hall–Kier alpha value is -1.30. The number of nitrogens with two attached hydrogens (primary N) is 1. The van der Waals surface area contributed by atoms with Gasteiger partial charge in [0.25, 0.3) is 0 Å². The second kappa shape index (κ2) is 10.8. The van der Waals surface area contributed by atoms with E-state index in [2.05, 4.69) is 34.0 Å². The number of amides is 1. The topological polar surface area (TPSA) is 74.0 Å². The number of nitrogens with zero attached hydrogens (tertiary/aromatic N) is 3. The highest BCUT2D eigenvalue weighted by Crippen LogP contribution is 2.23. The molecule has 2 aliphatic rings. The van der Waals surface area contributed by atoms with Gasteiger partial charge in [0.15, 0.2) is 5.96 Å². The van der Waals surface area contributed by atoms with Gasteiger partial charge in [-0.3, -0.25) is 14.7 Å². The molecule has 0 aromatic rings. The lowest BCUT2D eigenvalue weighted by Crippen LogP contribution is -2.52. The second-order valence-corrected chi connectivity index (χ2v) is 7.94. The molecule has 2 fully saturated rings. The lowest BCUT2D eigenvalue weighted by molar-refractivity contribution is -0.119. The molecule has 2 atom stereocenters. The van der Waals surface area contributed by atoms with E-state index in [9.17, 15) is 4.79 Å². The Balaban J connectivity index is 1.95. The first-order valence-corrected chi connectivity index (χ1v) is 10.6. The van der Waals surface area contributed by atoms with Crippen LogP contribution in [0.3, 0.4) is 0 Å². The zero-order valence-corrected chi connectivity index (χ0v) is 17.0. The summed E-state index contributed by atoms with van der Waals surface area (Å²) in [5, 5.41) is 3.66. The van der Waals surface area contributed by atoms with E-state index in [4.69, 9.17) is 5.73 Å². The molecular weight excluding hydrogens is 326 g/mol. The maximum Gasteiger partial charge on any atom is 0.217 e. The third-order valence-corrected chi connectivity index (χ3v) is 6.19. The van der Waals surface area contributed by atoms with Crippen LogP contribution in [0.4, 0.5) is 0 Å². The molecule has 2 rings (SSSR count). The summed E-state index contributed by atoms with van der Waals surface area (Å²) in [5.74, 6) is 1.87. The number of aliphatic imine (C=N–C) groups is 1. The Kier molecular flexibility index (Phi) is 8.69. The summed E-state index contributed by atoms with van der Waals surface area (Å²) in [5.41, 5.74) is 5.40. The van der Waals surface area contributed by atoms with Crippen molar-refractivity contribution in [2.45, 2.75) is 64.8 Å². The summed E-state index contributed by atoms with van der Waals surface area (Å²) in [6.45, 7) is 9.92. The molecule has 6 nitrogen and oxygen atoms in total. The first-order chi connectivity index (χ1) is 12.6. The van der Waals surface area contributed by atoms with Crippen LogP contribution < -0.4 is 11.1 Å². The monoisotopic (exact) mass is 365 g/mol. The van der Waals surface area contributed by atoms with E-state index < -0.39 is 0 Å². The van der Waals surface area contributed by atoms with Gasteiger partial charge in [-0.2, -0.15) is 0 Å². The van der Waals surface area contributed by atoms with Gasteiger partial charge in [-0.05, 0) is 50.6 Å². The summed E-state index contributed by atoms with van der Waals surface area (Å²) < 4.78 is 0. The van der Waals surface area contributed by atoms with Crippen LogP contribution >= 0.6 is 0 Å². The minimum absolute atomic E-state index is 0.192. The summed E-state index contributed by atoms with van der Waals surface area (Å²) in [6.07, 6.45) is 7.77. The van der Waals surface area contributed by atoms with Gasteiger partial charge >= 0.3 is 0 Å². The minimum atomic E-state index is -0.192. The molecule has 0 spiro atoms. The third-order valence-electron chi connectivity index (χ3n) is 6.19. The third kappa shape index (κ3) is 5.86. The van der Waals surface area contributed by atoms with Gasteiger partial charge in [-0.25, -0.2) is 0 Å². The number of likely N-dealkylation sites (tertiary alicyclic amines) is 2. The standard InChI is InChI=1S/C20H39N5O/c1-4-17(5-2)18(24-10-6-7-11-24)14-23-20(22-3)25-12-8-9-16(15-25)13-19(21)26/h16-18H,4-15H2,1-3H3,(H2,21,26)(H,22,23). The molecule has 2 heterocycles. The van der Waals surface area contributed by atoms with Crippen molar-refractivity contribution in [3.05, 3.63) is 0 Å². The van der Waals surface area contributed by atoms with Crippen molar-refractivity contribution in [3.8, 4) is 0 Å². The fourth-order valence-electron chi connectivity index (χ4n) is 4.74. The molecule has 2 aliphatic heterocycles. The maximum absolute atomic E-state index is 11.3. The van der Waals surface area contributed by atoms with E-state index in [0.29, 0.717) is 18.4 Å². The highest BCUT2D eigenvalue weighted by molar-refractivity contribution is 5.80. The number of rotatable bonds is 8. The number of carbonyl (C=O) groups excluding carboxylic acids is 1. The lowest BCUT2D eigenvalue weighted by Gasteiger charge is -2.37. The second-order valence-electron chi connectivity index (χ2n) is 7.94. The summed E-state index contributed by atoms with van der Waals surface area (Å²) in [7, 11) is 1.86. The molecule has 6 heteroatoms. The van der Waals surface area contributed by atoms with Crippen LogP contribution in [0.2, 0.25) is 0 Å². The van der Waals surface area contributed by atoms with Gasteiger partial charge in [0, 0.05) is 39.1 Å². The van der Waals surface area contributed by atoms with Gasteiger partial charge in [-0.1, -0.05) is 26.7 Å². The maximum atomic E-state index is 11.3. The fourth-order valence-corrected chi connectivity index (χ4v) is 4.74. The highest BCUT2D eigenvalue weighted by atomic mass is 16.1. The Morgan fingerprint density at radius 3 is 2.46 bits per heavy atom. The van der Waals surface area contributed by atoms with Crippen molar-refractivity contribution in [1.82, 2.24) is 15.1 Å². The highest BCUT2D eigenvalue weighted by Gasteiger charge is 2.29. The van der Waals surface area contributed by atoms with Gasteiger partial charge in [0.1, 0.15) is 0 Å². The van der Waals surface area contributed by atoms with Crippen LogP contribution in [0.1, 0.15) is 58.8 Å². The van der Waals surface area contributed by atoms with Crippen LogP contribution in [0.15, 0.2) is 4.99 Å². The minimum Gasteiger partial charge on any atom is -0.370 e. The SMILES string of the molecule is CCC(CC)C(CNC(=NC)N1CCCC(CC(N)=O)C1)N1CCCC1. The molecule has 0 aliphatic carbocycles. The largest absolute Gasteiger partial charge is 0.370 e. The van der Waals surface area contributed by atoms with Gasteiger partial charge in [0.2, 0.25) is 5.91 Å². The number of piperidine rings is 1. The lowest BCUT2D eigenvalue weighted by atomic mass is 9.92. The number of primary amides is 1. The molecule has 3 N–H and O–H groups in total. The molecule has 0 radical (unpaired) electrons. The molecular formula is C20H39N5O. The Morgan fingerprint density at radius 1 is 1.19 bits per heavy atom. The predicted molar refractivity (Wildman–Crippen MR) is 108 cm³/mol. The molecule has 150 valence electrons. The van der Waals surface area contributed by atoms with Crippen molar-refractivity contribution < 1.29 is 4.79 Å². The molecule has 1 amide bonds. The van der Waals surface area contributed by atoms with Crippen molar-refractivity contribution in [1.29, 1.82) is 0 Å². The van der Waals surface area contributed by atoms with Crippen molar-refractivity contribution in [2.75, 3.05) is 39.8 Å². The van der Waals surface area contributed by atoms with Crippen LogP contribution in [0.25, 0.3) is 0 Å². The van der Waals surface area contributed by atoms with E-state index in [1.165, 1.54) is 38.8 Å². The van der Waals surface area contributed by atoms with E-state index >= 15 is 0 Å². The van der Waals surface area contributed by atoms with Gasteiger partial charge in [-0.15, -0.1) is 0 Å². The smallest absolute Gasteiger partial charge is 0.217 e. The quantitative estimate of drug-likeness (QED) is 0.510. The van der Waals surface area contributed by atoms with Crippen molar-refractivity contribution in [3.63, 3.8) is 0 Å². The number of carbonyl (C=O) groups is 1. The molecule has 0 aromatic heterocycles. The summed E-state index contributed by atoms with van der Waals surface area (Å²) in [4.78, 5) is 20.8. The first kappa shape index (κ1) is 21.0. The molecule has 26 heavy (non-hydrogen) atoms. The first-order valence-electron chi connectivity index (χ1n) is 10.6. The number of hydrogen-bond donors (Lipinski definition) is 2. The Bertz CT molecular complexity index is 455. The number of hydrogen-bond acceptors (Lipinski definition) is 3. The average Bonchev–Trinajstić information content (AvgIpc) is 3.15. The molecule has 0 bridgehead atoms. The Morgan fingerprint density at radius 2 is 1.88 bits per heavy atom. The zero-order chi connectivity index (χ0) is 18.9. The number of nitrogens with one attached hydrogen (secondary N) is 1. The average molecular weight is 366 g/mol. The van der Waals surface area contributed by atoms with E-state index in [0.717, 1.165) is 44.4 Å². The predicted octanol–water partition coefficient (Wildman–Crippen LogP) is 2.05. The van der Waals surface area contributed by atoms with Crippen LogP contribution in [0.5, 0.6) is 0 Å². The molecule has 0 saturated carbocycles.